The van der Waals surface area contributed by atoms with Crippen LogP contribution >= 0.6 is 11.8 Å². The molecule has 0 saturated heterocycles. The molecule has 0 aromatic heterocycles. The van der Waals surface area contributed by atoms with Crippen LogP contribution in [-0.2, 0) is 0 Å². The molecule has 0 aliphatic carbocycles. The van der Waals surface area contributed by atoms with Crippen LogP contribution in [0.4, 0.5) is 0 Å². The number of rotatable bonds is 0. The molecule has 1 heteroatoms. The predicted molar refractivity (Wildman–Crippen MR) is 64.6 cm³/mol. The van der Waals surface area contributed by atoms with Crippen LogP contribution in [0.5, 0.6) is 0 Å². The van der Waals surface area contributed by atoms with Gasteiger partial charge in [0.05, 0.1) is 0 Å². The molecule has 1 aliphatic rings. The van der Waals surface area contributed by atoms with Gasteiger partial charge < -0.3 is 0 Å². The normalized spacial score (nSPS) is 19.4. The number of allylic oxidation sites excluding steroid dienone is 1. The third-order valence-corrected chi connectivity index (χ3v) is 4.51. The second-order valence-corrected chi connectivity index (χ2v) is 6.02. The summed E-state index contributed by atoms with van der Waals surface area (Å²) in [7, 11) is 0. The number of hydrogen-bond donors (Lipinski definition) is 0. The molecule has 1 aliphatic heterocycles. The minimum absolute atomic E-state index is 0.248. The summed E-state index contributed by atoms with van der Waals surface area (Å²) >= 11 is 1.97. The first-order valence-electron chi connectivity index (χ1n) is 4.99. The molecular weight excluding hydrogens is 188 g/mol. The van der Waals surface area contributed by atoms with Gasteiger partial charge in [-0.25, -0.2) is 0 Å². The van der Waals surface area contributed by atoms with Gasteiger partial charge in [-0.05, 0) is 44.9 Å². The smallest absolute Gasteiger partial charge is 0.0362 e. The van der Waals surface area contributed by atoms with Crippen LogP contribution in [0, 0.1) is 0 Å². The summed E-state index contributed by atoms with van der Waals surface area (Å²) in [6, 6.07) is 8.68. The van der Waals surface area contributed by atoms with Crippen molar-refractivity contribution < 1.29 is 0 Å². The number of fused-ring (bicyclic) bond motifs is 1. The van der Waals surface area contributed by atoms with Gasteiger partial charge in [0.2, 0.25) is 0 Å². The van der Waals surface area contributed by atoms with Crippen LogP contribution in [0.2, 0.25) is 0 Å². The topological polar surface area (TPSA) is 0 Å². The largest absolute Gasteiger partial charge is 0.115 e. The van der Waals surface area contributed by atoms with E-state index in [4.69, 9.17) is 0 Å². The van der Waals surface area contributed by atoms with Crippen molar-refractivity contribution in [2.75, 3.05) is 0 Å². The van der Waals surface area contributed by atoms with Crippen LogP contribution in [0.15, 0.2) is 34.7 Å². The molecule has 14 heavy (non-hydrogen) atoms. The molecule has 0 fully saturated rings. The Balaban J connectivity index is 2.64. The Hall–Kier alpha value is -0.690. The van der Waals surface area contributed by atoms with Crippen molar-refractivity contribution in [3.8, 4) is 0 Å². The van der Waals surface area contributed by atoms with Crippen LogP contribution in [0.1, 0.15) is 33.3 Å². The monoisotopic (exact) mass is 204 g/mol. The molecule has 0 atom stereocenters. The first kappa shape index (κ1) is 9.85. The zero-order chi connectivity index (χ0) is 10.3. The molecule has 0 bridgehead atoms. The average molecular weight is 204 g/mol. The molecular formula is C13H16S. The molecule has 0 spiro atoms. The van der Waals surface area contributed by atoms with E-state index in [2.05, 4.69) is 52.0 Å². The second kappa shape index (κ2) is 3.16. The van der Waals surface area contributed by atoms with E-state index in [1.165, 1.54) is 21.6 Å². The van der Waals surface area contributed by atoms with Crippen LogP contribution in [0.25, 0.3) is 5.57 Å². The standard InChI is InChI=1S/C13H16S/c1-9-10(2)13(3,4)14-12-8-6-5-7-11(9)12/h5-8H,1-4H3. The highest BCUT2D eigenvalue weighted by Crippen LogP contribution is 2.47. The van der Waals surface area contributed by atoms with E-state index in [1.807, 2.05) is 11.8 Å². The predicted octanol–water partition coefficient (Wildman–Crippen LogP) is 4.36. The van der Waals surface area contributed by atoms with E-state index in [0.717, 1.165) is 0 Å². The van der Waals surface area contributed by atoms with E-state index in [0.29, 0.717) is 0 Å². The lowest BCUT2D eigenvalue weighted by atomic mass is 9.93. The SMILES string of the molecule is CC1=C(C)C(C)(C)Sc2ccccc21. The Morgan fingerprint density at radius 2 is 1.71 bits per heavy atom. The van der Waals surface area contributed by atoms with E-state index >= 15 is 0 Å². The van der Waals surface area contributed by atoms with E-state index < -0.39 is 0 Å². The summed E-state index contributed by atoms with van der Waals surface area (Å²) < 4.78 is 0.248. The Bertz CT molecular complexity index is 399. The lowest BCUT2D eigenvalue weighted by Gasteiger charge is -2.33. The van der Waals surface area contributed by atoms with Gasteiger partial charge in [-0.1, -0.05) is 23.8 Å². The maximum atomic E-state index is 2.30. The van der Waals surface area contributed by atoms with Crippen molar-refractivity contribution in [1.82, 2.24) is 0 Å². The molecule has 74 valence electrons. The molecule has 2 rings (SSSR count). The number of thioether (sulfide) groups is 1. The summed E-state index contributed by atoms with van der Waals surface area (Å²) in [6.07, 6.45) is 0. The van der Waals surface area contributed by atoms with Gasteiger partial charge in [0.15, 0.2) is 0 Å². The molecule has 1 aromatic carbocycles. The highest BCUT2D eigenvalue weighted by atomic mass is 32.2. The van der Waals surface area contributed by atoms with Crippen molar-refractivity contribution in [2.24, 2.45) is 0 Å². The number of benzene rings is 1. The highest BCUT2D eigenvalue weighted by molar-refractivity contribution is 8.01. The third-order valence-electron chi connectivity index (χ3n) is 3.12. The minimum atomic E-state index is 0.248. The average Bonchev–Trinajstić information content (AvgIpc) is 2.14. The van der Waals surface area contributed by atoms with Crippen molar-refractivity contribution >= 4 is 17.3 Å². The Kier molecular flexibility index (Phi) is 2.23. The van der Waals surface area contributed by atoms with Crippen molar-refractivity contribution in [1.29, 1.82) is 0 Å². The molecule has 0 saturated carbocycles. The van der Waals surface area contributed by atoms with Gasteiger partial charge in [0.25, 0.3) is 0 Å². The first-order valence-corrected chi connectivity index (χ1v) is 5.80. The Morgan fingerprint density at radius 3 is 2.43 bits per heavy atom. The number of hydrogen-bond acceptors (Lipinski definition) is 1. The molecule has 1 heterocycles. The summed E-state index contributed by atoms with van der Waals surface area (Å²) in [5.41, 5.74) is 4.36. The quantitative estimate of drug-likeness (QED) is 0.605. The van der Waals surface area contributed by atoms with Crippen molar-refractivity contribution in [3.05, 3.63) is 35.4 Å². The lowest BCUT2D eigenvalue weighted by Crippen LogP contribution is -2.20. The summed E-state index contributed by atoms with van der Waals surface area (Å²) in [5, 5.41) is 0. The van der Waals surface area contributed by atoms with Gasteiger partial charge in [0, 0.05) is 9.64 Å². The van der Waals surface area contributed by atoms with Crippen LogP contribution in [0.3, 0.4) is 0 Å². The Labute approximate surface area is 90.4 Å². The maximum Gasteiger partial charge on any atom is 0.0362 e. The van der Waals surface area contributed by atoms with Gasteiger partial charge >= 0.3 is 0 Å². The zero-order valence-corrected chi connectivity index (χ0v) is 10.0. The van der Waals surface area contributed by atoms with Crippen LogP contribution < -0.4 is 0 Å². The van der Waals surface area contributed by atoms with Crippen LogP contribution in [-0.4, -0.2) is 4.75 Å². The molecule has 1 aromatic rings. The highest BCUT2D eigenvalue weighted by Gasteiger charge is 2.29. The lowest BCUT2D eigenvalue weighted by molar-refractivity contribution is 0.826. The second-order valence-electron chi connectivity index (χ2n) is 4.36. The van der Waals surface area contributed by atoms with Gasteiger partial charge in [-0.3, -0.25) is 0 Å². The summed E-state index contributed by atoms with van der Waals surface area (Å²) in [6.45, 7) is 9.08. The minimum Gasteiger partial charge on any atom is -0.115 e. The van der Waals surface area contributed by atoms with E-state index in [9.17, 15) is 0 Å². The fourth-order valence-electron chi connectivity index (χ4n) is 1.87. The van der Waals surface area contributed by atoms with Crippen molar-refractivity contribution in [3.63, 3.8) is 0 Å². The fraction of sp³-hybridized carbons (Fsp3) is 0.385. The van der Waals surface area contributed by atoms with E-state index in [1.54, 1.807) is 0 Å². The zero-order valence-electron chi connectivity index (χ0n) is 9.22. The molecule has 0 radical (unpaired) electrons. The van der Waals surface area contributed by atoms with E-state index in [-0.39, 0.29) is 4.75 Å². The first-order chi connectivity index (χ1) is 6.52. The summed E-state index contributed by atoms with van der Waals surface area (Å²) in [5.74, 6) is 0. The molecule has 0 amide bonds. The molecule has 0 unspecified atom stereocenters. The summed E-state index contributed by atoms with van der Waals surface area (Å²) in [4.78, 5) is 1.42. The molecule has 0 N–H and O–H groups in total. The van der Waals surface area contributed by atoms with Gasteiger partial charge in [-0.15, -0.1) is 11.8 Å². The molecule has 0 nitrogen and oxygen atoms in total. The van der Waals surface area contributed by atoms with Crippen molar-refractivity contribution in [2.45, 2.75) is 37.3 Å². The Morgan fingerprint density at radius 1 is 1.07 bits per heavy atom. The fourth-order valence-corrected chi connectivity index (χ4v) is 3.20. The third kappa shape index (κ3) is 1.40. The van der Waals surface area contributed by atoms with Gasteiger partial charge in [0.1, 0.15) is 0 Å². The van der Waals surface area contributed by atoms with Gasteiger partial charge in [-0.2, -0.15) is 0 Å². The maximum absolute atomic E-state index is 2.30.